The van der Waals surface area contributed by atoms with E-state index < -0.39 is 0 Å². The second-order valence-corrected chi connectivity index (χ2v) is 10.0. The van der Waals surface area contributed by atoms with Crippen LogP contribution in [0.5, 0.6) is 0 Å². The zero-order valence-electron chi connectivity index (χ0n) is 21.4. The first-order valence-corrected chi connectivity index (χ1v) is 12.8. The van der Waals surface area contributed by atoms with Crippen molar-refractivity contribution in [2.45, 2.75) is 71.9 Å². The van der Waals surface area contributed by atoms with Crippen LogP contribution in [0.1, 0.15) is 74.5 Å². The Labute approximate surface area is 207 Å². The summed E-state index contributed by atoms with van der Waals surface area (Å²) in [7, 11) is 1.79. The van der Waals surface area contributed by atoms with E-state index in [1.165, 1.54) is 30.5 Å². The molecule has 0 atom stereocenters. The van der Waals surface area contributed by atoms with E-state index in [4.69, 9.17) is 9.97 Å². The normalized spacial score (nSPS) is 14.0. The molecule has 1 N–H and O–H groups in total. The zero-order chi connectivity index (χ0) is 24.7. The van der Waals surface area contributed by atoms with Gasteiger partial charge in [-0.15, -0.1) is 0 Å². The van der Waals surface area contributed by atoms with Crippen molar-refractivity contribution in [2.75, 3.05) is 5.32 Å². The third-order valence-electron chi connectivity index (χ3n) is 7.44. The molecule has 0 unspecified atom stereocenters. The highest BCUT2D eigenvalue weighted by Crippen LogP contribution is 2.41. The molecule has 5 rings (SSSR count). The number of fused-ring (bicyclic) bond motifs is 1. The Morgan fingerprint density at radius 3 is 2.69 bits per heavy atom. The standard InChI is InChI=1S/C29H35N5O/c1-6-25-19(4)26-28(34(25)18(2)3)24(31-17-21-12-9-15-33(5)29(21)35)16-23(32-26)22-13-8-14-30-27(22)20-10-7-11-20/h8-9,12-16,18,20H,6-7,10-11,17H2,1-5H3,(H,31,32). The van der Waals surface area contributed by atoms with E-state index in [1.54, 1.807) is 17.8 Å². The summed E-state index contributed by atoms with van der Waals surface area (Å²) in [5.41, 5.74) is 9.67. The maximum atomic E-state index is 12.7. The van der Waals surface area contributed by atoms with Gasteiger partial charge in [0.05, 0.1) is 28.1 Å². The minimum Gasteiger partial charge on any atom is -0.379 e. The first kappa shape index (κ1) is 23.3. The average Bonchev–Trinajstić information content (AvgIpc) is 3.11. The van der Waals surface area contributed by atoms with Gasteiger partial charge in [0.15, 0.2) is 0 Å². The Bertz CT molecular complexity index is 1440. The van der Waals surface area contributed by atoms with E-state index in [1.807, 2.05) is 24.4 Å². The van der Waals surface area contributed by atoms with Gasteiger partial charge in [0, 0.05) is 54.8 Å². The van der Waals surface area contributed by atoms with Crippen LogP contribution in [0.3, 0.4) is 0 Å². The molecule has 0 bridgehead atoms. The van der Waals surface area contributed by atoms with Crippen LogP contribution < -0.4 is 10.9 Å². The van der Waals surface area contributed by atoms with Crippen LogP contribution in [-0.2, 0) is 20.0 Å². The topological polar surface area (TPSA) is 64.7 Å². The summed E-state index contributed by atoms with van der Waals surface area (Å²) in [6, 6.07) is 10.4. The SMILES string of the molecule is CCc1c(C)c2nc(-c3cccnc3C3CCC3)cc(NCc3cccn(C)c3=O)c2n1C(C)C. The van der Waals surface area contributed by atoms with Gasteiger partial charge in [-0.05, 0) is 69.9 Å². The van der Waals surface area contributed by atoms with Gasteiger partial charge < -0.3 is 14.5 Å². The number of hydrogen-bond acceptors (Lipinski definition) is 4. The number of rotatable bonds is 7. The van der Waals surface area contributed by atoms with Crippen LogP contribution in [0, 0.1) is 6.92 Å². The zero-order valence-corrected chi connectivity index (χ0v) is 21.4. The van der Waals surface area contributed by atoms with Crippen molar-refractivity contribution in [2.24, 2.45) is 7.05 Å². The number of nitrogens with zero attached hydrogens (tertiary/aromatic N) is 4. The summed E-state index contributed by atoms with van der Waals surface area (Å²) in [6.45, 7) is 9.29. The molecule has 1 aliphatic rings. The average molecular weight is 470 g/mol. The highest BCUT2D eigenvalue weighted by atomic mass is 16.1. The lowest BCUT2D eigenvalue weighted by Crippen LogP contribution is -2.22. The number of aryl methyl sites for hydroxylation is 2. The lowest BCUT2D eigenvalue weighted by atomic mass is 9.80. The van der Waals surface area contributed by atoms with Crippen LogP contribution >= 0.6 is 0 Å². The van der Waals surface area contributed by atoms with Crippen LogP contribution in [0.25, 0.3) is 22.3 Å². The largest absolute Gasteiger partial charge is 0.379 e. The molecule has 4 aromatic heterocycles. The molecule has 1 saturated carbocycles. The maximum Gasteiger partial charge on any atom is 0.255 e. The van der Waals surface area contributed by atoms with Gasteiger partial charge >= 0.3 is 0 Å². The molecular formula is C29H35N5O. The summed E-state index contributed by atoms with van der Waals surface area (Å²) in [5, 5.41) is 3.62. The molecule has 35 heavy (non-hydrogen) atoms. The molecule has 1 aliphatic carbocycles. The van der Waals surface area contributed by atoms with Gasteiger partial charge in [-0.3, -0.25) is 9.78 Å². The summed E-state index contributed by atoms with van der Waals surface area (Å²) in [5.74, 6) is 0.514. The number of hydrogen-bond donors (Lipinski definition) is 1. The maximum absolute atomic E-state index is 12.7. The Hall–Kier alpha value is -3.41. The first-order valence-electron chi connectivity index (χ1n) is 12.8. The van der Waals surface area contributed by atoms with E-state index in [0.717, 1.165) is 45.7 Å². The fourth-order valence-corrected chi connectivity index (χ4v) is 5.39. The van der Waals surface area contributed by atoms with Gasteiger partial charge in [-0.25, -0.2) is 4.98 Å². The third-order valence-corrected chi connectivity index (χ3v) is 7.44. The Morgan fingerprint density at radius 1 is 1.20 bits per heavy atom. The Kier molecular flexibility index (Phi) is 6.22. The molecule has 0 radical (unpaired) electrons. The minimum atomic E-state index is 0.0229. The Morgan fingerprint density at radius 2 is 2.00 bits per heavy atom. The van der Waals surface area contributed by atoms with Crippen LogP contribution in [0.4, 0.5) is 5.69 Å². The van der Waals surface area contributed by atoms with Crippen molar-refractivity contribution in [1.29, 1.82) is 0 Å². The van der Waals surface area contributed by atoms with Crippen LogP contribution in [-0.4, -0.2) is 19.1 Å². The van der Waals surface area contributed by atoms with Crippen LogP contribution in [0.15, 0.2) is 47.5 Å². The fraction of sp³-hybridized carbons (Fsp3) is 0.414. The van der Waals surface area contributed by atoms with Crippen molar-refractivity contribution < 1.29 is 0 Å². The minimum absolute atomic E-state index is 0.0229. The van der Waals surface area contributed by atoms with E-state index in [2.05, 4.69) is 49.7 Å². The highest BCUT2D eigenvalue weighted by molar-refractivity contribution is 5.95. The summed E-state index contributed by atoms with van der Waals surface area (Å²) in [4.78, 5) is 22.7. The molecular weight excluding hydrogens is 434 g/mol. The monoisotopic (exact) mass is 469 g/mol. The Balaban J connectivity index is 1.70. The smallest absolute Gasteiger partial charge is 0.255 e. The van der Waals surface area contributed by atoms with Gasteiger partial charge in [-0.2, -0.15) is 0 Å². The third kappa shape index (κ3) is 4.05. The summed E-state index contributed by atoms with van der Waals surface area (Å²) in [6.07, 6.45) is 8.28. The summed E-state index contributed by atoms with van der Waals surface area (Å²) < 4.78 is 4.03. The number of pyridine rings is 3. The predicted octanol–water partition coefficient (Wildman–Crippen LogP) is 6.13. The molecule has 6 heteroatoms. The van der Waals surface area contributed by atoms with Crippen molar-refractivity contribution in [1.82, 2.24) is 19.1 Å². The molecule has 6 nitrogen and oxygen atoms in total. The van der Waals surface area contributed by atoms with Crippen molar-refractivity contribution in [3.8, 4) is 11.3 Å². The highest BCUT2D eigenvalue weighted by Gasteiger charge is 2.26. The van der Waals surface area contributed by atoms with E-state index in [0.29, 0.717) is 18.5 Å². The molecule has 4 aromatic rings. The molecule has 1 fully saturated rings. The molecule has 0 saturated heterocycles. The van der Waals surface area contributed by atoms with E-state index in [-0.39, 0.29) is 5.56 Å². The fourth-order valence-electron chi connectivity index (χ4n) is 5.39. The molecule has 0 spiro atoms. The number of aromatic nitrogens is 4. The van der Waals surface area contributed by atoms with Gasteiger partial charge in [0.1, 0.15) is 0 Å². The molecule has 0 aromatic carbocycles. The van der Waals surface area contributed by atoms with E-state index >= 15 is 0 Å². The molecule has 182 valence electrons. The number of nitrogens with one attached hydrogen (secondary N) is 1. The first-order chi connectivity index (χ1) is 16.9. The van der Waals surface area contributed by atoms with Crippen molar-refractivity contribution in [3.05, 3.63) is 75.6 Å². The molecule has 0 aliphatic heterocycles. The quantitative estimate of drug-likeness (QED) is 0.354. The second-order valence-electron chi connectivity index (χ2n) is 10.0. The molecule has 4 heterocycles. The predicted molar refractivity (Wildman–Crippen MR) is 143 cm³/mol. The lowest BCUT2D eigenvalue weighted by molar-refractivity contribution is 0.412. The van der Waals surface area contributed by atoms with Crippen LogP contribution in [0.2, 0.25) is 0 Å². The van der Waals surface area contributed by atoms with E-state index in [9.17, 15) is 4.79 Å². The van der Waals surface area contributed by atoms with Gasteiger partial charge in [0.2, 0.25) is 0 Å². The van der Waals surface area contributed by atoms with Crippen molar-refractivity contribution >= 4 is 16.7 Å². The second kappa shape index (κ2) is 9.33. The van der Waals surface area contributed by atoms with Gasteiger partial charge in [-0.1, -0.05) is 19.4 Å². The van der Waals surface area contributed by atoms with Gasteiger partial charge in [0.25, 0.3) is 5.56 Å². The van der Waals surface area contributed by atoms with Crippen molar-refractivity contribution in [3.63, 3.8) is 0 Å². The molecule has 0 amide bonds. The number of anilines is 1. The lowest BCUT2D eigenvalue weighted by Gasteiger charge is -2.26. The summed E-state index contributed by atoms with van der Waals surface area (Å²) >= 11 is 0.